The number of carbonyl (C=O) groups is 1. The minimum absolute atomic E-state index is 0.0762. The number of allylic oxidation sites excluding steroid dienone is 2. The lowest BCUT2D eigenvalue weighted by Crippen LogP contribution is -2.33. The number of ketones is 1. The number of aromatic nitrogens is 4. The van der Waals surface area contributed by atoms with Crippen LogP contribution in [0.2, 0.25) is 0 Å². The maximum Gasteiger partial charge on any atom is 0.228 e. The van der Waals surface area contributed by atoms with Crippen LogP contribution in [0.3, 0.4) is 0 Å². The Morgan fingerprint density at radius 2 is 1.63 bits per heavy atom. The van der Waals surface area contributed by atoms with Crippen molar-refractivity contribution in [2.75, 3.05) is 14.2 Å². The summed E-state index contributed by atoms with van der Waals surface area (Å²) in [5.41, 5.74) is 2.70. The summed E-state index contributed by atoms with van der Waals surface area (Å²) in [7, 11) is 3.25. The van der Waals surface area contributed by atoms with Crippen molar-refractivity contribution in [3.8, 4) is 23.1 Å². The molecule has 1 atom stereocenters. The molecule has 0 amide bonds. The fourth-order valence-corrected chi connectivity index (χ4v) is 5.20. The number of Topliss-reactive ketones (excluding diaryl/α,β-unsaturated/α-hetero) is 1. The topological polar surface area (TPSA) is 97.1 Å². The molecule has 9 nitrogen and oxygen atoms in total. The summed E-state index contributed by atoms with van der Waals surface area (Å²) in [5.74, 6) is 3.46. The number of nitrogens with zero attached hydrogens (tertiary/aromatic N) is 4. The largest absolute Gasteiger partial charge is 0.497 e. The minimum Gasteiger partial charge on any atom is -0.497 e. The zero-order valence-corrected chi connectivity index (χ0v) is 21.7. The van der Waals surface area contributed by atoms with E-state index in [9.17, 15) is 4.79 Å². The van der Waals surface area contributed by atoms with Crippen LogP contribution in [-0.4, -0.2) is 39.6 Å². The zero-order valence-electron chi connectivity index (χ0n) is 21.7. The Kier molecular flexibility index (Phi) is 5.78. The molecule has 38 heavy (non-hydrogen) atoms. The third-order valence-electron chi connectivity index (χ3n) is 6.98. The molecular formula is C29H28N4O5. The summed E-state index contributed by atoms with van der Waals surface area (Å²) in [6.45, 7) is 4.33. The van der Waals surface area contributed by atoms with Crippen LogP contribution in [0.5, 0.6) is 23.1 Å². The number of hydrogen-bond acceptors (Lipinski definition) is 8. The third kappa shape index (κ3) is 4.23. The molecule has 1 unspecified atom stereocenters. The normalized spacial score (nSPS) is 18.0. The summed E-state index contributed by atoms with van der Waals surface area (Å²) in [6, 6.07) is 15.1. The van der Waals surface area contributed by atoms with Gasteiger partial charge < -0.3 is 18.9 Å². The van der Waals surface area contributed by atoms with E-state index in [2.05, 4.69) is 23.9 Å². The minimum atomic E-state index is -0.390. The van der Waals surface area contributed by atoms with E-state index >= 15 is 0 Å². The van der Waals surface area contributed by atoms with E-state index in [0.29, 0.717) is 52.8 Å². The Morgan fingerprint density at radius 3 is 2.32 bits per heavy atom. The molecule has 1 aliphatic carbocycles. The van der Waals surface area contributed by atoms with Crippen LogP contribution in [0, 0.1) is 5.41 Å². The van der Waals surface area contributed by atoms with Gasteiger partial charge >= 0.3 is 0 Å². The van der Waals surface area contributed by atoms with Crippen molar-refractivity contribution in [1.29, 1.82) is 0 Å². The zero-order chi connectivity index (χ0) is 26.4. The molecule has 194 valence electrons. The van der Waals surface area contributed by atoms with Crippen LogP contribution in [0.4, 0.5) is 0 Å². The van der Waals surface area contributed by atoms with Gasteiger partial charge in [0.2, 0.25) is 5.88 Å². The second kappa shape index (κ2) is 9.16. The average molecular weight is 513 g/mol. The Hall–Kier alpha value is -4.40. The van der Waals surface area contributed by atoms with Crippen molar-refractivity contribution in [3.63, 3.8) is 0 Å². The highest BCUT2D eigenvalue weighted by Crippen LogP contribution is 2.50. The predicted molar refractivity (Wildman–Crippen MR) is 139 cm³/mol. The quantitative estimate of drug-likeness (QED) is 0.360. The lowest BCUT2D eigenvalue weighted by molar-refractivity contribution is -0.118. The number of methoxy groups -OCH3 is 2. The van der Waals surface area contributed by atoms with Gasteiger partial charge in [0.05, 0.1) is 19.8 Å². The van der Waals surface area contributed by atoms with E-state index < -0.39 is 0 Å². The molecule has 2 aromatic carbocycles. The molecule has 0 N–H and O–H groups in total. The maximum absolute atomic E-state index is 13.6. The first-order valence-electron chi connectivity index (χ1n) is 12.4. The number of fused-ring (bicyclic) bond motifs is 3. The Balaban J connectivity index is 1.42. The number of ether oxygens (including phenoxy) is 4. The SMILES string of the molecule is COc1ccc(OCc2nc3c4c(ncn3n2)OC2=C(C(=O)CC(C)(C)C2)C4c2ccc(OC)cc2)cc1. The molecule has 6 rings (SSSR count). The highest BCUT2D eigenvalue weighted by molar-refractivity contribution is 6.00. The van der Waals surface area contributed by atoms with Crippen molar-refractivity contribution in [2.45, 2.75) is 39.2 Å². The van der Waals surface area contributed by atoms with Gasteiger partial charge in [-0.15, -0.1) is 5.10 Å². The molecule has 0 spiro atoms. The molecule has 0 saturated heterocycles. The van der Waals surface area contributed by atoms with E-state index in [0.717, 1.165) is 17.1 Å². The molecule has 9 heteroatoms. The van der Waals surface area contributed by atoms with Crippen molar-refractivity contribution in [3.05, 3.63) is 83.1 Å². The molecule has 2 aromatic heterocycles. The number of rotatable bonds is 6. The molecule has 0 saturated carbocycles. The summed E-state index contributed by atoms with van der Waals surface area (Å²) in [5, 5.41) is 4.59. The standard InChI is InChI=1S/C29H28N4O5/c1-29(2)13-21(34)25-22(14-29)38-28-26(24(25)17-5-7-18(35-3)8-6-17)27-31-23(32-33(27)16-30-28)15-37-20-11-9-19(36-4)10-12-20/h5-12,16,24H,13-15H2,1-4H3. The maximum atomic E-state index is 13.6. The first-order valence-corrected chi connectivity index (χ1v) is 12.4. The summed E-state index contributed by atoms with van der Waals surface area (Å²) in [6.07, 6.45) is 2.69. The van der Waals surface area contributed by atoms with Gasteiger partial charge in [0, 0.05) is 24.3 Å². The second-order valence-corrected chi connectivity index (χ2v) is 10.3. The molecule has 2 aliphatic rings. The van der Waals surface area contributed by atoms with Crippen molar-refractivity contribution in [2.24, 2.45) is 5.41 Å². The van der Waals surface area contributed by atoms with Crippen LogP contribution in [0.15, 0.2) is 66.2 Å². The van der Waals surface area contributed by atoms with E-state index in [-0.39, 0.29) is 23.7 Å². The van der Waals surface area contributed by atoms with Crippen LogP contribution in [0.25, 0.3) is 5.65 Å². The van der Waals surface area contributed by atoms with Crippen molar-refractivity contribution in [1.82, 2.24) is 19.6 Å². The highest BCUT2D eigenvalue weighted by atomic mass is 16.5. The predicted octanol–water partition coefficient (Wildman–Crippen LogP) is 4.89. The lowest BCUT2D eigenvalue weighted by Gasteiger charge is -2.37. The second-order valence-electron chi connectivity index (χ2n) is 10.3. The van der Waals surface area contributed by atoms with Crippen LogP contribution in [0.1, 0.15) is 49.6 Å². The Bertz CT molecular complexity index is 1550. The van der Waals surface area contributed by atoms with Gasteiger partial charge in [-0.25, -0.2) is 14.5 Å². The molecule has 4 aromatic rings. The molecular weight excluding hydrogens is 484 g/mol. The fourth-order valence-electron chi connectivity index (χ4n) is 5.20. The number of carbonyl (C=O) groups excluding carboxylic acids is 1. The number of hydrogen-bond donors (Lipinski definition) is 0. The molecule has 3 heterocycles. The Labute approximate surface area is 220 Å². The van der Waals surface area contributed by atoms with E-state index in [1.165, 1.54) is 0 Å². The van der Waals surface area contributed by atoms with Crippen LogP contribution >= 0.6 is 0 Å². The van der Waals surface area contributed by atoms with Gasteiger partial charge in [-0.05, 0) is 47.4 Å². The molecule has 1 aliphatic heterocycles. The highest BCUT2D eigenvalue weighted by Gasteiger charge is 2.44. The van der Waals surface area contributed by atoms with E-state index in [1.54, 1.807) is 25.1 Å². The van der Waals surface area contributed by atoms with Gasteiger partial charge in [-0.3, -0.25) is 4.79 Å². The average Bonchev–Trinajstić information content (AvgIpc) is 3.34. The van der Waals surface area contributed by atoms with Gasteiger partial charge in [0.1, 0.15) is 35.9 Å². The first-order chi connectivity index (χ1) is 18.3. The first kappa shape index (κ1) is 24.0. The summed E-state index contributed by atoms with van der Waals surface area (Å²) >= 11 is 0. The molecule has 0 radical (unpaired) electrons. The lowest BCUT2D eigenvalue weighted by atomic mass is 9.70. The molecule has 0 fully saturated rings. The Morgan fingerprint density at radius 1 is 0.974 bits per heavy atom. The van der Waals surface area contributed by atoms with Crippen molar-refractivity contribution >= 4 is 11.4 Å². The summed E-state index contributed by atoms with van der Waals surface area (Å²) < 4.78 is 24.4. The fraction of sp³-hybridized carbons (Fsp3) is 0.310. The van der Waals surface area contributed by atoms with E-state index in [1.807, 2.05) is 48.5 Å². The third-order valence-corrected chi connectivity index (χ3v) is 6.98. The van der Waals surface area contributed by atoms with Crippen LogP contribution < -0.4 is 18.9 Å². The number of benzene rings is 2. The van der Waals surface area contributed by atoms with Crippen molar-refractivity contribution < 1.29 is 23.7 Å². The van der Waals surface area contributed by atoms with Gasteiger partial charge in [0.15, 0.2) is 17.3 Å². The van der Waals surface area contributed by atoms with Gasteiger partial charge in [-0.2, -0.15) is 0 Å². The molecule has 0 bridgehead atoms. The smallest absolute Gasteiger partial charge is 0.228 e. The monoisotopic (exact) mass is 512 g/mol. The van der Waals surface area contributed by atoms with Gasteiger partial charge in [-0.1, -0.05) is 26.0 Å². The van der Waals surface area contributed by atoms with Crippen LogP contribution in [-0.2, 0) is 11.4 Å². The summed E-state index contributed by atoms with van der Waals surface area (Å²) in [4.78, 5) is 22.9. The van der Waals surface area contributed by atoms with E-state index in [4.69, 9.17) is 23.9 Å². The van der Waals surface area contributed by atoms with Gasteiger partial charge in [0.25, 0.3) is 0 Å².